The van der Waals surface area contributed by atoms with E-state index in [1.54, 1.807) is 7.05 Å². The summed E-state index contributed by atoms with van der Waals surface area (Å²) in [5, 5.41) is 13.8. The van der Waals surface area contributed by atoms with E-state index in [0.717, 1.165) is 24.7 Å². The molecule has 7 heteroatoms. The van der Waals surface area contributed by atoms with Crippen LogP contribution in [0.25, 0.3) is 0 Å². The van der Waals surface area contributed by atoms with Crippen molar-refractivity contribution < 1.29 is 14.1 Å². The molecule has 0 saturated heterocycles. The maximum atomic E-state index is 13.1. The molecule has 0 aromatic heterocycles. The second kappa shape index (κ2) is 6.79. The van der Waals surface area contributed by atoms with Crippen molar-refractivity contribution in [2.75, 3.05) is 27.2 Å². The summed E-state index contributed by atoms with van der Waals surface area (Å²) in [5.74, 6) is -1.22. The number of carbonyl (C=O) groups is 1. The Labute approximate surface area is 110 Å². The van der Waals surface area contributed by atoms with Crippen LogP contribution in [0.5, 0.6) is 0 Å². The Balaban J connectivity index is 2.91. The predicted octanol–water partition coefficient (Wildman–Crippen LogP) is 1.42. The third-order valence-corrected chi connectivity index (χ3v) is 2.65. The molecule has 0 fully saturated rings. The van der Waals surface area contributed by atoms with Gasteiger partial charge in [-0.1, -0.05) is 0 Å². The average Bonchev–Trinajstić information content (AvgIpc) is 2.37. The molecule has 1 rings (SSSR count). The van der Waals surface area contributed by atoms with E-state index in [1.165, 1.54) is 11.9 Å². The number of nitrogens with one attached hydrogen (secondary N) is 1. The van der Waals surface area contributed by atoms with Crippen LogP contribution in [0.4, 0.5) is 10.1 Å². The number of nitro groups is 1. The van der Waals surface area contributed by atoms with E-state index in [2.05, 4.69) is 5.32 Å². The molecule has 1 aromatic carbocycles. The highest BCUT2D eigenvalue weighted by Gasteiger charge is 2.23. The zero-order valence-corrected chi connectivity index (χ0v) is 10.9. The Morgan fingerprint density at radius 2 is 2.21 bits per heavy atom. The number of carbonyl (C=O) groups excluding carboxylic acids is 1. The SMILES string of the molecule is CNCCCN(C)C(=O)c1cc(F)ccc1[N+](=O)[O-]. The van der Waals surface area contributed by atoms with E-state index >= 15 is 0 Å². The molecule has 0 unspecified atom stereocenters. The van der Waals surface area contributed by atoms with Crippen LogP contribution < -0.4 is 5.32 Å². The van der Waals surface area contributed by atoms with Crippen molar-refractivity contribution in [3.05, 3.63) is 39.7 Å². The molecule has 19 heavy (non-hydrogen) atoms. The third kappa shape index (κ3) is 3.99. The summed E-state index contributed by atoms with van der Waals surface area (Å²) in [4.78, 5) is 23.5. The summed E-state index contributed by atoms with van der Waals surface area (Å²) in [6.07, 6.45) is 0.710. The van der Waals surface area contributed by atoms with Gasteiger partial charge in [0.15, 0.2) is 0 Å². The second-order valence-corrected chi connectivity index (χ2v) is 4.10. The lowest BCUT2D eigenvalue weighted by Gasteiger charge is -2.17. The fourth-order valence-corrected chi connectivity index (χ4v) is 1.64. The zero-order valence-electron chi connectivity index (χ0n) is 10.9. The minimum Gasteiger partial charge on any atom is -0.341 e. The van der Waals surface area contributed by atoms with Crippen molar-refractivity contribution >= 4 is 11.6 Å². The average molecular weight is 269 g/mol. The lowest BCUT2D eigenvalue weighted by molar-refractivity contribution is -0.385. The Hall–Kier alpha value is -2.02. The topological polar surface area (TPSA) is 75.5 Å². The van der Waals surface area contributed by atoms with Crippen LogP contribution in [0.15, 0.2) is 18.2 Å². The molecule has 1 N–H and O–H groups in total. The van der Waals surface area contributed by atoms with E-state index in [0.29, 0.717) is 13.0 Å². The Morgan fingerprint density at radius 3 is 2.79 bits per heavy atom. The van der Waals surface area contributed by atoms with Gasteiger partial charge in [-0.15, -0.1) is 0 Å². The van der Waals surface area contributed by atoms with Gasteiger partial charge in [0.05, 0.1) is 4.92 Å². The quantitative estimate of drug-likeness (QED) is 0.481. The van der Waals surface area contributed by atoms with Gasteiger partial charge < -0.3 is 10.2 Å². The van der Waals surface area contributed by atoms with Crippen LogP contribution in [0.1, 0.15) is 16.8 Å². The number of halogens is 1. The van der Waals surface area contributed by atoms with Gasteiger partial charge in [0.2, 0.25) is 0 Å². The minimum absolute atomic E-state index is 0.225. The van der Waals surface area contributed by atoms with E-state index in [4.69, 9.17) is 0 Å². The molecule has 0 spiro atoms. The molecule has 1 amide bonds. The molecule has 0 aliphatic carbocycles. The minimum atomic E-state index is -0.686. The third-order valence-electron chi connectivity index (χ3n) is 2.65. The molecule has 6 nitrogen and oxygen atoms in total. The van der Waals surface area contributed by atoms with Crippen molar-refractivity contribution in [2.45, 2.75) is 6.42 Å². The number of hydrogen-bond acceptors (Lipinski definition) is 4. The molecule has 0 saturated carbocycles. The van der Waals surface area contributed by atoms with Crippen molar-refractivity contribution in [3.8, 4) is 0 Å². The monoisotopic (exact) mass is 269 g/mol. The van der Waals surface area contributed by atoms with Gasteiger partial charge in [-0.25, -0.2) is 4.39 Å². The first-order valence-corrected chi connectivity index (χ1v) is 5.81. The maximum Gasteiger partial charge on any atom is 0.282 e. The molecule has 104 valence electrons. The van der Waals surface area contributed by atoms with Gasteiger partial charge in [-0.3, -0.25) is 14.9 Å². The fourth-order valence-electron chi connectivity index (χ4n) is 1.64. The first kappa shape index (κ1) is 15.0. The van der Waals surface area contributed by atoms with Gasteiger partial charge >= 0.3 is 0 Å². The van der Waals surface area contributed by atoms with Gasteiger partial charge in [0.25, 0.3) is 11.6 Å². The standard InChI is InChI=1S/C12H16FN3O3/c1-14-6-3-7-15(2)12(17)10-8-9(13)4-5-11(10)16(18)19/h4-5,8,14H,3,6-7H2,1-2H3. The zero-order chi connectivity index (χ0) is 14.4. The van der Waals surface area contributed by atoms with E-state index in [1.807, 2.05) is 0 Å². The largest absolute Gasteiger partial charge is 0.341 e. The Kier molecular flexibility index (Phi) is 5.37. The van der Waals surface area contributed by atoms with Crippen LogP contribution in [0, 0.1) is 15.9 Å². The summed E-state index contributed by atoms with van der Waals surface area (Å²) < 4.78 is 13.1. The van der Waals surface area contributed by atoms with E-state index in [-0.39, 0.29) is 11.3 Å². The highest BCUT2D eigenvalue weighted by molar-refractivity contribution is 5.98. The first-order chi connectivity index (χ1) is 8.97. The summed E-state index contributed by atoms with van der Waals surface area (Å²) >= 11 is 0. The molecule has 0 bridgehead atoms. The summed E-state index contributed by atoms with van der Waals surface area (Å²) in [7, 11) is 3.33. The van der Waals surface area contributed by atoms with Crippen LogP contribution in [0.3, 0.4) is 0 Å². The van der Waals surface area contributed by atoms with Crippen LogP contribution >= 0.6 is 0 Å². The van der Waals surface area contributed by atoms with Gasteiger partial charge in [-0.2, -0.15) is 0 Å². The van der Waals surface area contributed by atoms with Crippen LogP contribution in [-0.2, 0) is 0 Å². The molecule has 0 aliphatic heterocycles. The second-order valence-electron chi connectivity index (χ2n) is 4.10. The smallest absolute Gasteiger partial charge is 0.282 e. The molecule has 1 aromatic rings. The predicted molar refractivity (Wildman–Crippen MR) is 68.6 cm³/mol. The number of amides is 1. The molecular weight excluding hydrogens is 253 g/mol. The van der Waals surface area contributed by atoms with E-state index in [9.17, 15) is 19.3 Å². The Morgan fingerprint density at radius 1 is 1.53 bits per heavy atom. The highest BCUT2D eigenvalue weighted by atomic mass is 19.1. The number of nitro benzene ring substituents is 1. The van der Waals surface area contributed by atoms with E-state index < -0.39 is 16.6 Å². The molecule has 0 aliphatic rings. The molecule has 0 radical (unpaired) electrons. The van der Waals surface area contributed by atoms with Crippen molar-refractivity contribution in [3.63, 3.8) is 0 Å². The van der Waals surface area contributed by atoms with Gasteiger partial charge in [0.1, 0.15) is 11.4 Å². The van der Waals surface area contributed by atoms with Crippen LogP contribution in [-0.4, -0.2) is 42.9 Å². The lowest BCUT2D eigenvalue weighted by Crippen LogP contribution is -2.30. The summed E-state index contributed by atoms with van der Waals surface area (Å²) in [6, 6.07) is 2.87. The number of rotatable bonds is 6. The Bertz CT molecular complexity index is 479. The van der Waals surface area contributed by atoms with Crippen LogP contribution in [0.2, 0.25) is 0 Å². The molecule has 0 atom stereocenters. The van der Waals surface area contributed by atoms with Gasteiger partial charge in [0, 0.05) is 19.7 Å². The fraction of sp³-hybridized carbons (Fsp3) is 0.417. The molecule has 0 heterocycles. The molecular formula is C12H16FN3O3. The maximum absolute atomic E-state index is 13.1. The normalized spacial score (nSPS) is 10.3. The number of nitrogens with zero attached hydrogens (tertiary/aromatic N) is 2. The first-order valence-electron chi connectivity index (χ1n) is 5.81. The number of hydrogen-bond donors (Lipinski definition) is 1. The lowest BCUT2D eigenvalue weighted by atomic mass is 10.1. The highest BCUT2D eigenvalue weighted by Crippen LogP contribution is 2.20. The van der Waals surface area contributed by atoms with Crippen molar-refractivity contribution in [1.29, 1.82) is 0 Å². The van der Waals surface area contributed by atoms with Gasteiger partial charge in [-0.05, 0) is 32.1 Å². The van der Waals surface area contributed by atoms with Crippen molar-refractivity contribution in [1.82, 2.24) is 10.2 Å². The summed E-state index contributed by atoms with van der Waals surface area (Å²) in [6.45, 7) is 1.16. The van der Waals surface area contributed by atoms with Crippen molar-refractivity contribution in [2.24, 2.45) is 0 Å². The number of benzene rings is 1. The summed E-state index contributed by atoms with van der Waals surface area (Å²) in [5.41, 5.74) is -0.608.